The standard InChI is InChI=1S/C13H16N2O/c1-9(2)11-6-7-14-13-12(11)5-4-10(15-13)8-16-3/h4-7,9H,8H2,1-3H3. The second-order valence-electron chi connectivity index (χ2n) is 4.16. The lowest BCUT2D eigenvalue weighted by Crippen LogP contribution is -1.97. The molecule has 0 unspecified atom stereocenters. The van der Waals surface area contributed by atoms with Crippen molar-refractivity contribution >= 4 is 11.0 Å². The summed E-state index contributed by atoms with van der Waals surface area (Å²) < 4.78 is 5.06. The first kappa shape index (κ1) is 11.0. The summed E-state index contributed by atoms with van der Waals surface area (Å²) in [6, 6.07) is 6.14. The van der Waals surface area contributed by atoms with Crippen LogP contribution in [0.15, 0.2) is 24.4 Å². The van der Waals surface area contributed by atoms with Crippen molar-refractivity contribution < 1.29 is 4.74 Å². The van der Waals surface area contributed by atoms with Crippen LogP contribution in [0.1, 0.15) is 31.0 Å². The average Bonchev–Trinajstić information content (AvgIpc) is 2.28. The van der Waals surface area contributed by atoms with Gasteiger partial charge < -0.3 is 4.74 Å². The van der Waals surface area contributed by atoms with Crippen LogP contribution in [0.5, 0.6) is 0 Å². The molecule has 3 heteroatoms. The maximum Gasteiger partial charge on any atom is 0.159 e. The summed E-state index contributed by atoms with van der Waals surface area (Å²) in [5.41, 5.74) is 3.02. The highest BCUT2D eigenvalue weighted by Crippen LogP contribution is 2.22. The highest BCUT2D eigenvalue weighted by Gasteiger charge is 2.07. The van der Waals surface area contributed by atoms with Crippen molar-refractivity contribution in [2.24, 2.45) is 0 Å². The third kappa shape index (κ3) is 2.04. The first-order valence-corrected chi connectivity index (χ1v) is 5.46. The molecule has 0 aliphatic heterocycles. The molecule has 3 nitrogen and oxygen atoms in total. The second kappa shape index (κ2) is 4.58. The van der Waals surface area contributed by atoms with Crippen LogP contribution < -0.4 is 0 Å². The van der Waals surface area contributed by atoms with Gasteiger partial charge in [0.2, 0.25) is 0 Å². The van der Waals surface area contributed by atoms with Crippen molar-refractivity contribution in [3.8, 4) is 0 Å². The van der Waals surface area contributed by atoms with Gasteiger partial charge >= 0.3 is 0 Å². The fourth-order valence-electron chi connectivity index (χ4n) is 1.82. The van der Waals surface area contributed by atoms with Gasteiger partial charge in [-0.25, -0.2) is 9.97 Å². The minimum Gasteiger partial charge on any atom is -0.378 e. The lowest BCUT2D eigenvalue weighted by Gasteiger charge is -2.09. The van der Waals surface area contributed by atoms with E-state index in [0.29, 0.717) is 12.5 Å². The SMILES string of the molecule is COCc1ccc2c(C(C)C)ccnc2n1. The van der Waals surface area contributed by atoms with Crippen molar-refractivity contribution in [2.75, 3.05) is 7.11 Å². The highest BCUT2D eigenvalue weighted by atomic mass is 16.5. The van der Waals surface area contributed by atoms with Crippen molar-refractivity contribution in [3.63, 3.8) is 0 Å². The largest absolute Gasteiger partial charge is 0.378 e. The summed E-state index contributed by atoms with van der Waals surface area (Å²) in [5.74, 6) is 0.487. The van der Waals surface area contributed by atoms with Crippen molar-refractivity contribution in [1.29, 1.82) is 0 Å². The molecule has 0 fully saturated rings. The summed E-state index contributed by atoms with van der Waals surface area (Å²) in [7, 11) is 1.67. The van der Waals surface area contributed by atoms with Crippen LogP contribution in [0.4, 0.5) is 0 Å². The molecule has 0 amide bonds. The molecule has 0 radical (unpaired) electrons. The molecule has 0 aromatic carbocycles. The van der Waals surface area contributed by atoms with E-state index in [2.05, 4.69) is 35.9 Å². The molecule has 0 spiro atoms. The first-order chi connectivity index (χ1) is 7.72. The van der Waals surface area contributed by atoms with Crippen LogP contribution in [0.25, 0.3) is 11.0 Å². The summed E-state index contributed by atoms with van der Waals surface area (Å²) in [5, 5.41) is 1.14. The van der Waals surface area contributed by atoms with Crippen molar-refractivity contribution in [2.45, 2.75) is 26.4 Å². The zero-order valence-corrected chi connectivity index (χ0v) is 9.90. The van der Waals surface area contributed by atoms with Gasteiger partial charge in [0.1, 0.15) is 0 Å². The lowest BCUT2D eigenvalue weighted by atomic mass is 10.0. The molecule has 0 saturated carbocycles. The Hall–Kier alpha value is -1.48. The van der Waals surface area contributed by atoms with E-state index in [1.807, 2.05) is 12.3 Å². The van der Waals surface area contributed by atoms with Crippen LogP contribution in [-0.2, 0) is 11.3 Å². The lowest BCUT2D eigenvalue weighted by molar-refractivity contribution is 0.182. The minimum absolute atomic E-state index is 0.487. The maximum absolute atomic E-state index is 5.06. The molecular weight excluding hydrogens is 200 g/mol. The van der Waals surface area contributed by atoms with Gasteiger partial charge in [0.25, 0.3) is 0 Å². The van der Waals surface area contributed by atoms with Crippen LogP contribution in [0.2, 0.25) is 0 Å². The van der Waals surface area contributed by atoms with Crippen LogP contribution in [-0.4, -0.2) is 17.1 Å². The molecule has 0 atom stereocenters. The monoisotopic (exact) mass is 216 g/mol. The van der Waals surface area contributed by atoms with Gasteiger partial charge in [0.15, 0.2) is 5.65 Å². The predicted octanol–water partition coefficient (Wildman–Crippen LogP) is 2.90. The van der Waals surface area contributed by atoms with Crippen molar-refractivity contribution in [1.82, 2.24) is 9.97 Å². The van der Waals surface area contributed by atoms with Gasteiger partial charge in [-0.2, -0.15) is 0 Å². The molecule has 0 bridgehead atoms. The molecular formula is C13H16N2O. The Balaban J connectivity index is 2.55. The second-order valence-corrected chi connectivity index (χ2v) is 4.16. The zero-order chi connectivity index (χ0) is 11.5. The fourth-order valence-corrected chi connectivity index (χ4v) is 1.82. The number of hydrogen-bond acceptors (Lipinski definition) is 3. The molecule has 2 aromatic rings. The minimum atomic E-state index is 0.487. The molecule has 0 N–H and O–H groups in total. The van der Waals surface area contributed by atoms with Gasteiger partial charge in [-0.15, -0.1) is 0 Å². The quantitative estimate of drug-likeness (QED) is 0.791. The first-order valence-electron chi connectivity index (χ1n) is 5.46. The van der Waals surface area contributed by atoms with Crippen molar-refractivity contribution in [3.05, 3.63) is 35.7 Å². The Kier molecular flexibility index (Phi) is 3.15. The molecule has 0 aliphatic carbocycles. The van der Waals surface area contributed by atoms with Gasteiger partial charge in [-0.3, -0.25) is 0 Å². The molecule has 84 valence electrons. The Morgan fingerprint density at radius 2 is 2.06 bits per heavy atom. The summed E-state index contributed by atoms with van der Waals surface area (Å²) >= 11 is 0. The van der Waals surface area contributed by atoms with E-state index in [1.54, 1.807) is 7.11 Å². The molecule has 16 heavy (non-hydrogen) atoms. The summed E-state index contributed by atoms with van der Waals surface area (Å²) in [4.78, 5) is 8.77. The molecule has 2 rings (SSSR count). The number of rotatable bonds is 3. The Labute approximate surface area is 95.5 Å². The average molecular weight is 216 g/mol. The molecule has 0 aliphatic rings. The summed E-state index contributed by atoms with van der Waals surface area (Å²) in [6.07, 6.45) is 1.82. The zero-order valence-electron chi connectivity index (χ0n) is 9.90. The normalized spacial score (nSPS) is 11.2. The molecule has 2 heterocycles. The fraction of sp³-hybridized carbons (Fsp3) is 0.385. The maximum atomic E-state index is 5.06. The van der Waals surface area contributed by atoms with Gasteiger partial charge in [0, 0.05) is 18.7 Å². The number of ether oxygens (including phenoxy) is 1. The molecule has 0 saturated heterocycles. The van der Waals surface area contributed by atoms with E-state index in [0.717, 1.165) is 16.7 Å². The Morgan fingerprint density at radius 1 is 1.25 bits per heavy atom. The van der Waals surface area contributed by atoms with Gasteiger partial charge in [-0.05, 0) is 29.7 Å². The Bertz CT molecular complexity index is 494. The van der Waals surface area contributed by atoms with Gasteiger partial charge in [0.05, 0.1) is 12.3 Å². The number of methoxy groups -OCH3 is 1. The van der Waals surface area contributed by atoms with E-state index < -0.39 is 0 Å². The number of nitrogens with zero attached hydrogens (tertiary/aromatic N) is 2. The van der Waals surface area contributed by atoms with Gasteiger partial charge in [-0.1, -0.05) is 13.8 Å². The molecule has 2 aromatic heterocycles. The third-order valence-electron chi connectivity index (χ3n) is 2.61. The van der Waals surface area contributed by atoms with Crippen LogP contribution in [0.3, 0.4) is 0 Å². The Morgan fingerprint density at radius 3 is 2.75 bits per heavy atom. The van der Waals surface area contributed by atoms with Crippen LogP contribution in [0, 0.1) is 0 Å². The number of fused-ring (bicyclic) bond motifs is 1. The van der Waals surface area contributed by atoms with E-state index in [4.69, 9.17) is 4.74 Å². The predicted molar refractivity (Wildman–Crippen MR) is 64.3 cm³/mol. The smallest absolute Gasteiger partial charge is 0.159 e. The number of hydrogen-bond donors (Lipinski definition) is 0. The van der Waals surface area contributed by atoms with E-state index in [-0.39, 0.29) is 0 Å². The van der Waals surface area contributed by atoms with E-state index in [9.17, 15) is 0 Å². The van der Waals surface area contributed by atoms with E-state index in [1.165, 1.54) is 5.56 Å². The van der Waals surface area contributed by atoms with Crippen LogP contribution >= 0.6 is 0 Å². The number of pyridine rings is 2. The number of aromatic nitrogens is 2. The summed E-state index contributed by atoms with van der Waals surface area (Å²) in [6.45, 7) is 4.89. The third-order valence-corrected chi connectivity index (χ3v) is 2.61. The topological polar surface area (TPSA) is 35.0 Å². The highest BCUT2D eigenvalue weighted by molar-refractivity contribution is 5.79. The van der Waals surface area contributed by atoms with E-state index >= 15 is 0 Å².